The van der Waals surface area contributed by atoms with Crippen LogP contribution in [0.1, 0.15) is 12.8 Å². The van der Waals surface area contributed by atoms with Gasteiger partial charge in [-0.15, -0.1) is 0 Å². The Bertz CT molecular complexity index is 284. The summed E-state index contributed by atoms with van der Waals surface area (Å²) in [5.74, 6) is 2.59. The minimum absolute atomic E-state index is 0.350. The van der Waals surface area contributed by atoms with Crippen LogP contribution in [0.2, 0.25) is 0 Å². The van der Waals surface area contributed by atoms with Crippen molar-refractivity contribution in [2.75, 3.05) is 11.5 Å². The van der Waals surface area contributed by atoms with E-state index in [1.165, 1.54) is 4.90 Å². The molecule has 0 N–H and O–H groups in total. The summed E-state index contributed by atoms with van der Waals surface area (Å²) in [4.78, 5) is 12.5. The Morgan fingerprint density at radius 1 is 1.00 bits per heavy atom. The van der Waals surface area contributed by atoms with Gasteiger partial charge in [-0.3, -0.25) is 4.79 Å². The predicted octanol–water partition coefficient (Wildman–Crippen LogP) is 2.03. The van der Waals surface area contributed by atoms with Crippen LogP contribution in [0.3, 0.4) is 0 Å². The fourth-order valence-electron chi connectivity index (χ4n) is 1.55. The fourth-order valence-corrected chi connectivity index (χ4v) is 3.72. The first kappa shape index (κ1) is 8.82. The van der Waals surface area contributed by atoms with Crippen molar-refractivity contribution in [1.29, 1.82) is 0 Å². The number of Topliss-reactive ketones (excluding diaryl/α,β-unsaturated/α-hetero) is 1. The van der Waals surface area contributed by atoms with E-state index in [-0.39, 0.29) is 0 Å². The molecule has 2 rings (SSSR count). The summed E-state index contributed by atoms with van der Waals surface area (Å²) < 4.78 is 0. The summed E-state index contributed by atoms with van der Waals surface area (Å²) in [6.45, 7) is 0. The van der Waals surface area contributed by atoms with Crippen LogP contribution in [0.25, 0.3) is 0 Å². The second-order valence-corrected chi connectivity index (χ2v) is 5.53. The molecule has 0 amide bonds. The molecule has 0 radical (unpaired) electrons. The van der Waals surface area contributed by atoms with Gasteiger partial charge >= 0.3 is 0 Å². The molecule has 1 heterocycles. The quantitative estimate of drug-likeness (QED) is 0.624. The average molecular weight is 193 g/mol. The summed E-state index contributed by atoms with van der Waals surface area (Å²) >= 11 is 0. The minimum atomic E-state index is 0.350. The van der Waals surface area contributed by atoms with E-state index in [1.54, 1.807) is 0 Å². The lowest BCUT2D eigenvalue weighted by molar-refractivity contribution is -0.118. The summed E-state index contributed by atoms with van der Waals surface area (Å²) in [6, 6.07) is 10.6. The van der Waals surface area contributed by atoms with Gasteiger partial charge in [-0.2, -0.15) is 0 Å². The van der Waals surface area contributed by atoms with Gasteiger partial charge in [0, 0.05) is 10.9 Å². The second kappa shape index (κ2) is 3.97. The van der Waals surface area contributed by atoms with E-state index in [0.717, 1.165) is 24.3 Å². The molecule has 0 aromatic heterocycles. The number of hydrogen-bond donors (Lipinski definition) is 0. The highest BCUT2D eigenvalue weighted by Crippen LogP contribution is 2.20. The van der Waals surface area contributed by atoms with Crippen LogP contribution < -0.4 is 0 Å². The molecule has 0 saturated carbocycles. The fraction of sp³-hybridized carbons (Fsp3) is 0.364. The molecule has 1 nitrogen and oxygen atoms in total. The van der Waals surface area contributed by atoms with E-state index in [4.69, 9.17) is 0 Å². The monoisotopic (exact) mass is 193 g/mol. The van der Waals surface area contributed by atoms with E-state index in [1.807, 2.05) is 6.07 Å². The number of carbonyl (C=O) groups is 1. The van der Waals surface area contributed by atoms with Crippen molar-refractivity contribution in [3.8, 4) is 0 Å². The first-order valence-corrected chi connectivity index (χ1v) is 6.17. The Morgan fingerprint density at radius 3 is 2.23 bits per heavy atom. The summed E-state index contributed by atoms with van der Waals surface area (Å²) in [6.07, 6.45) is 1.58. The first-order valence-electron chi connectivity index (χ1n) is 4.60. The van der Waals surface area contributed by atoms with Crippen molar-refractivity contribution in [2.24, 2.45) is 0 Å². The maximum absolute atomic E-state index is 11.0. The topological polar surface area (TPSA) is 17.1 Å². The molecular weight excluding hydrogens is 180 g/mol. The van der Waals surface area contributed by atoms with Gasteiger partial charge in [-0.25, -0.2) is 0 Å². The largest absolute Gasteiger partial charge is 0.299 e. The molecule has 1 aromatic carbocycles. The molecule has 0 spiro atoms. The molecule has 68 valence electrons. The van der Waals surface area contributed by atoms with E-state index < -0.39 is 0 Å². The number of hydrogen-bond acceptors (Lipinski definition) is 1. The van der Waals surface area contributed by atoms with Crippen LogP contribution in [0.4, 0.5) is 0 Å². The zero-order chi connectivity index (χ0) is 9.10. The number of benzene rings is 1. The molecule has 1 aromatic rings. The Morgan fingerprint density at radius 2 is 1.62 bits per heavy atom. The second-order valence-electron chi connectivity index (χ2n) is 3.25. The highest BCUT2D eigenvalue weighted by Gasteiger charge is 2.28. The van der Waals surface area contributed by atoms with E-state index >= 15 is 0 Å². The zero-order valence-electron chi connectivity index (χ0n) is 7.53. The van der Waals surface area contributed by atoms with Crippen molar-refractivity contribution in [3.05, 3.63) is 30.3 Å². The molecule has 1 fully saturated rings. The third kappa shape index (κ3) is 2.13. The number of carbonyl (C=O) groups excluding carboxylic acids is 1. The maximum Gasteiger partial charge on any atom is 0.154 e. The van der Waals surface area contributed by atoms with Gasteiger partial charge in [-0.1, -0.05) is 18.2 Å². The van der Waals surface area contributed by atoms with Crippen LogP contribution in [0.5, 0.6) is 0 Å². The Labute approximate surface area is 81.5 Å². The molecule has 0 atom stereocenters. The Kier molecular flexibility index (Phi) is 2.69. The highest BCUT2D eigenvalue weighted by atomic mass is 32.2. The summed E-state index contributed by atoms with van der Waals surface area (Å²) in [5, 5.41) is 0. The predicted molar refractivity (Wildman–Crippen MR) is 56.0 cm³/mol. The van der Waals surface area contributed by atoms with Crippen LogP contribution in [-0.4, -0.2) is 17.3 Å². The van der Waals surface area contributed by atoms with Crippen LogP contribution in [0, 0.1) is 0 Å². The Balaban J connectivity index is 2.07. The van der Waals surface area contributed by atoms with Crippen LogP contribution in [-0.2, 0) is 15.7 Å². The van der Waals surface area contributed by atoms with Crippen molar-refractivity contribution in [3.63, 3.8) is 0 Å². The van der Waals surface area contributed by atoms with Crippen molar-refractivity contribution >= 4 is 16.7 Å². The molecule has 0 aliphatic carbocycles. The number of ketones is 1. The summed E-state index contributed by atoms with van der Waals surface area (Å²) in [5.41, 5.74) is 0. The van der Waals surface area contributed by atoms with Gasteiger partial charge in [-0.05, 0) is 12.1 Å². The van der Waals surface area contributed by atoms with E-state index in [2.05, 4.69) is 24.3 Å². The molecule has 1 saturated heterocycles. The maximum atomic E-state index is 11.0. The third-order valence-corrected chi connectivity index (χ3v) is 4.66. The van der Waals surface area contributed by atoms with E-state index in [9.17, 15) is 4.79 Å². The van der Waals surface area contributed by atoms with Gasteiger partial charge in [0.05, 0.1) is 12.8 Å². The van der Waals surface area contributed by atoms with Crippen molar-refractivity contribution < 1.29 is 4.79 Å². The Hall–Kier alpha value is -0.760. The van der Waals surface area contributed by atoms with Gasteiger partial charge in [0.25, 0.3) is 0 Å². The standard InChI is InChI=1S/C11H13OS/c12-10-6-8-13(9-7-10)11-4-2-1-3-5-11/h1-5H,6-9H2/q+1. The summed E-state index contributed by atoms with van der Waals surface area (Å²) in [7, 11) is 0.350. The van der Waals surface area contributed by atoms with Gasteiger partial charge in [0.1, 0.15) is 17.3 Å². The highest BCUT2D eigenvalue weighted by molar-refractivity contribution is 7.97. The SMILES string of the molecule is O=C1CC[S+](c2ccccc2)CC1. The molecule has 13 heavy (non-hydrogen) atoms. The molecular formula is C11H13OS+. The average Bonchev–Trinajstić information content (AvgIpc) is 2.20. The smallest absolute Gasteiger partial charge is 0.154 e. The zero-order valence-corrected chi connectivity index (χ0v) is 8.35. The van der Waals surface area contributed by atoms with Gasteiger partial charge in [0.2, 0.25) is 0 Å². The lowest BCUT2D eigenvalue weighted by atomic mass is 10.2. The van der Waals surface area contributed by atoms with Crippen molar-refractivity contribution in [2.45, 2.75) is 17.7 Å². The lowest BCUT2D eigenvalue weighted by Gasteiger charge is -2.12. The molecule has 0 unspecified atom stereocenters. The van der Waals surface area contributed by atoms with Crippen LogP contribution >= 0.6 is 0 Å². The van der Waals surface area contributed by atoms with Crippen molar-refractivity contribution in [1.82, 2.24) is 0 Å². The molecule has 2 heteroatoms. The normalized spacial score (nSPS) is 18.9. The van der Waals surface area contributed by atoms with Gasteiger partial charge < -0.3 is 0 Å². The molecule has 0 bridgehead atoms. The van der Waals surface area contributed by atoms with E-state index in [0.29, 0.717) is 16.7 Å². The molecule has 1 aliphatic heterocycles. The van der Waals surface area contributed by atoms with Crippen LogP contribution in [0.15, 0.2) is 35.2 Å². The molecule has 1 aliphatic rings. The third-order valence-electron chi connectivity index (χ3n) is 2.33. The first-order chi connectivity index (χ1) is 6.36. The number of rotatable bonds is 1. The lowest BCUT2D eigenvalue weighted by Crippen LogP contribution is -2.23. The van der Waals surface area contributed by atoms with Gasteiger partial charge in [0.15, 0.2) is 4.90 Å². The minimum Gasteiger partial charge on any atom is -0.299 e.